The molecule has 2 aliphatic rings. The van der Waals surface area contributed by atoms with Crippen LogP contribution in [0.5, 0.6) is 0 Å². The minimum absolute atomic E-state index is 0.0545. The van der Waals surface area contributed by atoms with E-state index < -0.39 is 17.8 Å². The van der Waals surface area contributed by atoms with Crippen LogP contribution in [0.4, 0.5) is 4.39 Å². The number of aliphatic hydroxyl groups is 1. The summed E-state index contributed by atoms with van der Waals surface area (Å²) < 4.78 is 19.1. The smallest absolute Gasteiger partial charge is 0.256 e. The number of ether oxygens (including phenoxy) is 1. The van der Waals surface area contributed by atoms with E-state index in [0.29, 0.717) is 13.1 Å². The third-order valence-electron chi connectivity index (χ3n) is 5.12. The lowest BCUT2D eigenvalue weighted by Gasteiger charge is -2.44. The zero-order valence-corrected chi connectivity index (χ0v) is 12.6. The van der Waals surface area contributed by atoms with E-state index in [4.69, 9.17) is 4.74 Å². The van der Waals surface area contributed by atoms with Crippen LogP contribution in [0.3, 0.4) is 0 Å². The van der Waals surface area contributed by atoms with Crippen molar-refractivity contribution in [2.45, 2.75) is 31.8 Å². The highest BCUT2D eigenvalue weighted by Crippen LogP contribution is 2.41. The molecule has 3 rings (SSSR count). The first-order valence-electron chi connectivity index (χ1n) is 7.90. The number of piperidine rings is 1. The maximum absolute atomic E-state index is 13.7. The second kappa shape index (κ2) is 6.34. The first kappa shape index (κ1) is 15.4. The minimum Gasteiger partial charge on any atom is -0.381 e. The van der Waals surface area contributed by atoms with Gasteiger partial charge in [0.05, 0.1) is 0 Å². The number of hydrogen-bond donors (Lipinski definition) is 1. The molecule has 1 atom stereocenters. The van der Waals surface area contributed by atoms with Crippen molar-refractivity contribution in [3.05, 3.63) is 35.6 Å². The molecule has 2 saturated heterocycles. The molecule has 0 aliphatic carbocycles. The van der Waals surface area contributed by atoms with Gasteiger partial charge < -0.3 is 14.7 Å². The Labute approximate surface area is 129 Å². The molecular formula is C17H22FNO3. The number of likely N-dealkylation sites (tertiary alicyclic amines) is 1. The number of nitrogens with zero attached hydrogens (tertiary/aromatic N) is 1. The zero-order chi connectivity index (χ0) is 15.6. The molecule has 4 nitrogen and oxygen atoms in total. The molecule has 0 saturated carbocycles. The van der Waals surface area contributed by atoms with Crippen molar-refractivity contribution in [1.29, 1.82) is 0 Å². The Hall–Kier alpha value is -1.46. The van der Waals surface area contributed by atoms with Crippen molar-refractivity contribution < 1.29 is 19.0 Å². The molecule has 2 fully saturated rings. The summed E-state index contributed by atoms with van der Waals surface area (Å²) in [4.78, 5) is 14.1. The van der Waals surface area contributed by atoms with Gasteiger partial charge in [-0.15, -0.1) is 0 Å². The predicted molar refractivity (Wildman–Crippen MR) is 79.7 cm³/mol. The molecular weight excluding hydrogens is 285 g/mol. The summed E-state index contributed by atoms with van der Waals surface area (Å²) in [5.74, 6) is -0.937. The van der Waals surface area contributed by atoms with E-state index in [-0.39, 0.29) is 11.0 Å². The molecule has 0 aromatic heterocycles. The lowest BCUT2D eigenvalue weighted by atomic mass is 9.72. The maximum Gasteiger partial charge on any atom is 0.256 e. The van der Waals surface area contributed by atoms with Crippen molar-refractivity contribution in [3.8, 4) is 0 Å². The van der Waals surface area contributed by atoms with E-state index in [0.717, 1.165) is 38.9 Å². The van der Waals surface area contributed by atoms with Crippen LogP contribution in [0.1, 0.15) is 37.4 Å². The van der Waals surface area contributed by atoms with E-state index in [2.05, 4.69) is 0 Å². The number of amides is 1. The Balaban J connectivity index is 1.63. The van der Waals surface area contributed by atoms with E-state index in [9.17, 15) is 14.3 Å². The zero-order valence-electron chi connectivity index (χ0n) is 12.6. The fourth-order valence-corrected chi connectivity index (χ4v) is 3.51. The summed E-state index contributed by atoms with van der Waals surface area (Å²) >= 11 is 0. The van der Waals surface area contributed by atoms with Crippen LogP contribution in [-0.2, 0) is 9.53 Å². The molecule has 1 aromatic rings. The quantitative estimate of drug-likeness (QED) is 0.912. The van der Waals surface area contributed by atoms with Gasteiger partial charge in [-0.1, -0.05) is 18.2 Å². The van der Waals surface area contributed by atoms with Crippen molar-refractivity contribution >= 4 is 5.91 Å². The summed E-state index contributed by atoms with van der Waals surface area (Å²) in [7, 11) is 0. The Morgan fingerprint density at radius 1 is 1.18 bits per heavy atom. The van der Waals surface area contributed by atoms with Crippen molar-refractivity contribution in [3.63, 3.8) is 0 Å². The lowest BCUT2D eigenvalue weighted by molar-refractivity contribution is -0.144. The number of carbonyl (C=O) groups excluding carboxylic acids is 1. The summed E-state index contributed by atoms with van der Waals surface area (Å²) in [6, 6.07) is 5.90. The van der Waals surface area contributed by atoms with E-state index >= 15 is 0 Å². The summed E-state index contributed by atoms with van der Waals surface area (Å²) in [5, 5.41) is 10.2. The average molecular weight is 307 g/mol. The highest BCUT2D eigenvalue weighted by molar-refractivity contribution is 5.82. The van der Waals surface area contributed by atoms with Gasteiger partial charge in [-0.05, 0) is 37.2 Å². The van der Waals surface area contributed by atoms with Gasteiger partial charge in [0.1, 0.15) is 5.82 Å². The molecule has 1 amide bonds. The van der Waals surface area contributed by atoms with Gasteiger partial charge in [0.25, 0.3) is 5.91 Å². The van der Waals surface area contributed by atoms with Crippen LogP contribution in [0.2, 0.25) is 0 Å². The fraction of sp³-hybridized carbons (Fsp3) is 0.588. The second-order valence-corrected chi connectivity index (χ2v) is 6.36. The molecule has 2 aliphatic heterocycles. The molecule has 22 heavy (non-hydrogen) atoms. The third kappa shape index (κ3) is 3.01. The first-order chi connectivity index (χ1) is 10.6. The monoisotopic (exact) mass is 307 g/mol. The molecule has 1 N–H and O–H groups in total. The Morgan fingerprint density at radius 2 is 1.82 bits per heavy atom. The Bertz CT molecular complexity index is 532. The topological polar surface area (TPSA) is 49.8 Å². The molecule has 5 heteroatoms. The van der Waals surface area contributed by atoms with E-state index in [1.54, 1.807) is 17.0 Å². The largest absolute Gasteiger partial charge is 0.381 e. The minimum atomic E-state index is -1.41. The first-order valence-corrected chi connectivity index (χ1v) is 7.90. The van der Waals surface area contributed by atoms with Gasteiger partial charge >= 0.3 is 0 Å². The fourth-order valence-electron chi connectivity index (χ4n) is 3.51. The summed E-state index contributed by atoms with van der Waals surface area (Å²) in [6.07, 6.45) is 2.55. The van der Waals surface area contributed by atoms with Crippen LogP contribution in [0.25, 0.3) is 0 Å². The molecule has 1 spiro atoms. The van der Waals surface area contributed by atoms with Gasteiger partial charge in [0.15, 0.2) is 6.10 Å². The number of halogens is 1. The third-order valence-corrected chi connectivity index (χ3v) is 5.12. The van der Waals surface area contributed by atoms with Gasteiger partial charge in [-0.3, -0.25) is 4.79 Å². The SMILES string of the molecule is O=C([C@H](O)c1ccccc1F)N1CCC2(CCOCC2)CC1. The number of carbonyl (C=O) groups is 1. The number of benzene rings is 1. The van der Waals surface area contributed by atoms with Crippen molar-refractivity contribution in [2.24, 2.45) is 5.41 Å². The van der Waals surface area contributed by atoms with Crippen LogP contribution >= 0.6 is 0 Å². The maximum atomic E-state index is 13.7. The molecule has 0 bridgehead atoms. The van der Waals surface area contributed by atoms with Crippen LogP contribution in [-0.4, -0.2) is 42.2 Å². The van der Waals surface area contributed by atoms with Gasteiger partial charge in [0.2, 0.25) is 0 Å². The average Bonchev–Trinajstić information content (AvgIpc) is 2.55. The van der Waals surface area contributed by atoms with Gasteiger partial charge in [0, 0.05) is 31.9 Å². The lowest BCUT2D eigenvalue weighted by Crippen LogP contribution is -2.46. The molecule has 2 heterocycles. The number of hydrogen-bond acceptors (Lipinski definition) is 3. The number of aliphatic hydroxyl groups excluding tert-OH is 1. The predicted octanol–water partition coefficient (Wildman–Crippen LogP) is 2.28. The van der Waals surface area contributed by atoms with Crippen molar-refractivity contribution in [1.82, 2.24) is 4.90 Å². The molecule has 0 unspecified atom stereocenters. The summed E-state index contributed by atoms with van der Waals surface area (Å²) in [6.45, 7) is 2.85. The van der Waals surface area contributed by atoms with Gasteiger partial charge in [-0.25, -0.2) is 4.39 Å². The Morgan fingerprint density at radius 3 is 2.45 bits per heavy atom. The van der Waals surface area contributed by atoms with Crippen molar-refractivity contribution in [2.75, 3.05) is 26.3 Å². The van der Waals surface area contributed by atoms with Crippen LogP contribution in [0.15, 0.2) is 24.3 Å². The summed E-state index contributed by atoms with van der Waals surface area (Å²) in [5.41, 5.74) is 0.344. The number of rotatable bonds is 2. The molecule has 0 radical (unpaired) electrons. The normalized spacial score (nSPS) is 22.5. The second-order valence-electron chi connectivity index (χ2n) is 6.36. The van der Waals surface area contributed by atoms with Crippen LogP contribution < -0.4 is 0 Å². The Kier molecular flexibility index (Phi) is 4.45. The molecule has 1 aromatic carbocycles. The van der Waals surface area contributed by atoms with Gasteiger partial charge in [-0.2, -0.15) is 0 Å². The highest BCUT2D eigenvalue weighted by atomic mass is 19.1. The van der Waals surface area contributed by atoms with E-state index in [1.807, 2.05) is 0 Å². The standard InChI is InChI=1S/C17H22FNO3/c18-14-4-2-1-3-13(14)15(20)16(21)19-9-5-17(6-10-19)7-11-22-12-8-17/h1-4,15,20H,5-12H2/t15-/m1/s1. The highest BCUT2D eigenvalue weighted by Gasteiger charge is 2.38. The van der Waals surface area contributed by atoms with Crippen LogP contribution in [0, 0.1) is 11.2 Å². The molecule has 120 valence electrons. The van der Waals surface area contributed by atoms with E-state index in [1.165, 1.54) is 12.1 Å².